The summed E-state index contributed by atoms with van der Waals surface area (Å²) in [6.45, 7) is 0.327. The van der Waals surface area contributed by atoms with E-state index in [9.17, 15) is 9.18 Å². The van der Waals surface area contributed by atoms with Crippen LogP contribution >= 0.6 is 27.5 Å². The van der Waals surface area contributed by atoms with Gasteiger partial charge in [0.2, 0.25) is 0 Å². The van der Waals surface area contributed by atoms with E-state index in [4.69, 9.17) is 16.3 Å². The number of alkyl halides is 2. The zero-order chi connectivity index (χ0) is 16.6. The van der Waals surface area contributed by atoms with Crippen molar-refractivity contribution in [2.24, 2.45) is 0 Å². The van der Waals surface area contributed by atoms with Crippen molar-refractivity contribution in [1.29, 1.82) is 0 Å². The Bertz CT molecular complexity index is 718. The zero-order valence-electron chi connectivity index (χ0n) is 12.3. The van der Waals surface area contributed by atoms with E-state index in [2.05, 4.69) is 15.9 Å². The van der Waals surface area contributed by atoms with Crippen LogP contribution in [0.5, 0.6) is 5.75 Å². The molecule has 0 radical (unpaired) electrons. The lowest BCUT2D eigenvalue weighted by Gasteiger charge is -2.48. The van der Waals surface area contributed by atoms with Crippen LogP contribution in [0.2, 0.25) is 5.02 Å². The molecule has 1 aliphatic heterocycles. The van der Waals surface area contributed by atoms with E-state index in [-0.39, 0.29) is 0 Å². The molecule has 0 saturated carbocycles. The molecule has 120 valence electrons. The first kappa shape index (κ1) is 16.3. The summed E-state index contributed by atoms with van der Waals surface area (Å²) in [4.78, 5) is 13.6. The maximum absolute atomic E-state index is 14.6. The van der Waals surface area contributed by atoms with Gasteiger partial charge in [0.05, 0.1) is 7.11 Å². The second-order valence-electron chi connectivity index (χ2n) is 5.36. The maximum atomic E-state index is 14.6. The van der Waals surface area contributed by atoms with Crippen LogP contribution in [0.25, 0.3) is 0 Å². The third-order valence-corrected chi connectivity index (χ3v) is 4.92. The molecule has 0 aliphatic carbocycles. The molecule has 1 fully saturated rings. The van der Waals surface area contributed by atoms with Gasteiger partial charge in [0.1, 0.15) is 11.8 Å². The zero-order valence-corrected chi connectivity index (χ0v) is 14.6. The van der Waals surface area contributed by atoms with Gasteiger partial charge in [-0.05, 0) is 51.3 Å². The molecule has 2 atom stereocenters. The van der Waals surface area contributed by atoms with Gasteiger partial charge in [-0.1, -0.05) is 35.9 Å². The first-order chi connectivity index (χ1) is 10.9. The Morgan fingerprint density at radius 1 is 1.22 bits per heavy atom. The van der Waals surface area contributed by atoms with Crippen molar-refractivity contribution in [3.63, 3.8) is 0 Å². The quantitative estimate of drug-likeness (QED) is 0.561. The molecule has 2 aromatic carbocycles. The van der Waals surface area contributed by atoms with Crippen molar-refractivity contribution in [3.8, 4) is 5.75 Å². The number of nitrogens with zero attached hydrogens (tertiary/aromatic N) is 1. The van der Waals surface area contributed by atoms with Gasteiger partial charge in [0.15, 0.2) is 0 Å². The number of carbonyl (C=O) groups is 1. The average molecular weight is 399 g/mol. The first-order valence-electron chi connectivity index (χ1n) is 7.01. The number of amides is 1. The molecule has 3 nitrogen and oxygen atoms in total. The number of halogens is 3. The van der Waals surface area contributed by atoms with Gasteiger partial charge in [-0.15, -0.1) is 0 Å². The van der Waals surface area contributed by atoms with E-state index >= 15 is 0 Å². The van der Waals surface area contributed by atoms with Crippen LogP contribution in [0.3, 0.4) is 0 Å². The molecule has 0 aromatic heterocycles. The van der Waals surface area contributed by atoms with E-state index < -0.39 is 16.5 Å². The monoisotopic (exact) mass is 397 g/mol. The molecule has 0 N–H and O–H groups in total. The highest BCUT2D eigenvalue weighted by atomic mass is 79.9. The topological polar surface area (TPSA) is 29.5 Å². The number of β-lactam (4-membered cyclic amide) rings is 1. The van der Waals surface area contributed by atoms with Gasteiger partial charge in [0.25, 0.3) is 10.5 Å². The van der Waals surface area contributed by atoms with Crippen LogP contribution in [0, 0.1) is 0 Å². The van der Waals surface area contributed by atoms with Gasteiger partial charge < -0.3 is 9.64 Å². The molecule has 2 aromatic rings. The third kappa shape index (κ3) is 2.95. The standard InChI is InChI=1S/C17H14BrClFNO2/c1-23-14-8-2-11(3-9-14)10-21-15(17(18,20)16(21)22)12-4-6-13(19)7-5-12/h2-9,15H,10H2,1H3/t15-,17-/m0/s1. The molecule has 1 amide bonds. The number of rotatable bonds is 4. The minimum atomic E-state index is -2.08. The van der Waals surface area contributed by atoms with Gasteiger partial charge in [-0.2, -0.15) is 0 Å². The van der Waals surface area contributed by atoms with Gasteiger partial charge in [-0.3, -0.25) is 4.79 Å². The molecule has 0 spiro atoms. The first-order valence-corrected chi connectivity index (χ1v) is 8.18. The van der Waals surface area contributed by atoms with Crippen molar-refractivity contribution in [2.75, 3.05) is 7.11 Å². The summed E-state index contributed by atoms with van der Waals surface area (Å²) in [6, 6.07) is 13.5. The largest absolute Gasteiger partial charge is 0.497 e. The van der Waals surface area contributed by atoms with E-state index in [0.29, 0.717) is 17.1 Å². The Kier molecular flexibility index (Phi) is 4.34. The van der Waals surface area contributed by atoms with Gasteiger partial charge in [0, 0.05) is 11.6 Å². The smallest absolute Gasteiger partial charge is 0.274 e. The minimum Gasteiger partial charge on any atom is -0.497 e. The molecule has 23 heavy (non-hydrogen) atoms. The average Bonchev–Trinajstić information content (AvgIpc) is 2.56. The lowest BCUT2D eigenvalue weighted by molar-refractivity contribution is -0.164. The second-order valence-corrected chi connectivity index (χ2v) is 6.95. The highest BCUT2D eigenvalue weighted by Crippen LogP contribution is 2.51. The molecule has 1 heterocycles. The Labute approximate surface area is 147 Å². The Morgan fingerprint density at radius 2 is 1.83 bits per heavy atom. The van der Waals surface area contributed by atoms with E-state index in [1.54, 1.807) is 31.4 Å². The Hall–Kier alpha value is -1.59. The predicted octanol–water partition coefficient (Wildman–Crippen LogP) is 4.49. The van der Waals surface area contributed by atoms with Crippen LogP contribution in [0.4, 0.5) is 4.39 Å². The van der Waals surface area contributed by atoms with Crippen molar-refractivity contribution >= 4 is 33.4 Å². The summed E-state index contributed by atoms with van der Waals surface area (Å²) in [5.41, 5.74) is 1.60. The summed E-state index contributed by atoms with van der Waals surface area (Å²) in [7, 11) is 1.59. The van der Waals surface area contributed by atoms with Gasteiger partial charge in [-0.25, -0.2) is 4.39 Å². The normalized spacial score (nSPS) is 23.6. The summed E-state index contributed by atoms with van der Waals surface area (Å²) in [5.74, 6) is 0.159. The van der Waals surface area contributed by atoms with Gasteiger partial charge >= 0.3 is 0 Å². The fourth-order valence-electron chi connectivity index (χ4n) is 2.68. The van der Waals surface area contributed by atoms with Crippen LogP contribution in [-0.2, 0) is 11.3 Å². The third-order valence-electron chi connectivity index (χ3n) is 3.90. The molecule has 3 rings (SSSR count). The number of ether oxygens (including phenoxy) is 1. The molecule has 1 aliphatic rings. The lowest BCUT2D eigenvalue weighted by Crippen LogP contribution is -2.62. The van der Waals surface area contributed by atoms with E-state index in [0.717, 1.165) is 11.3 Å². The molecule has 0 bridgehead atoms. The summed E-state index contributed by atoms with van der Waals surface area (Å²) < 4.78 is 17.6. The van der Waals surface area contributed by atoms with Crippen molar-refractivity contribution in [1.82, 2.24) is 4.90 Å². The summed E-state index contributed by atoms with van der Waals surface area (Å²) in [5, 5.41) is 0.570. The molecule has 6 heteroatoms. The molecule has 1 saturated heterocycles. The lowest BCUT2D eigenvalue weighted by atomic mass is 9.91. The number of methoxy groups -OCH3 is 1. The molecule has 0 unspecified atom stereocenters. The predicted molar refractivity (Wildman–Crippen MR) is 90.5 cm³/mol. The van der Waals surface area contributed by atoms with Crippen molar-refractivity contribution in [3.05, 3.63) is 64.7 Å². The van der Waals surface area contributed by atoms with E-state index in [1.165, 1.54) is 4.90 Å². The molecular formula is C17H14BrClFNO2. The fourth-order valence-corrected chi connectivity index (χ4v) is 3.55. The van der Waals surface area contributed by atoms with Crippen molar-refractivity contribution in [2.45, 2.75) is 17.2 Å². The van der Waals surface area contributed by atoms with Crippen LogP contribution < -0.4 is 4.74 Å². The number of likely N-dealkylation sites (tertiary alicyclic amines) is 1. The fraction of sp³-hybridized carbons (Fsp3) is 0.235. The van der Waals surface area contributed by atoms with Crippen LogP contribution in [0.15, 0.2) is 48.5 Å². The number of carbonyl (C=O) groups excluding carboxylic acids is 1. The Balaban J connectivity index is 1.84. The molecular weight excluding hydrogens is 385 g/mol. The SMILES string of the molecule is COc1ccc(CN2C(=O)[C@](F)(Br)[C@@H]2c2ccc(Cl)cc2)cc1. The summed E-state index contributed by atoms with van der Waals surface area (Å²) >= 11 is 8.79. The number of benzene rings is 2. The number of hydrogen-bond donors (Lipinski definition) is 0. The Morgan fingerprint density at radius 3 is 2.39 bits per heavy atom. The van der Waals surface area contributed by atoms with Crippen LogP contribution in [0.1, 0.15) is 17.2 Å². The highest BCUT2D eigenvalue weighted by molar-refractivity contribution is 9.10. The van der Waals surface area contributed by atoms with Crippen molar-refractivity contribution < 1.29 is 13.9 Å². The summed E-state index contributed by atoms with van der Waals surface area (Å²) in [6.07, 6.45) is 0. The maximum Gasteiger partial charge on any atom is 0.274 e. The van der Waals surface area contributed by atoms with E-state index in [1.807, 2.05) is 24.3 Å². The minimum absolute atomic E-state index is 0.327. The number of hydrogen-bond acceptors (Lipinski definition) is 2. The second kappa shape index (κ2) is 6.13. The van der Waals surface area contributed by atoms with Crippen LogP contribution in [-0.4, -0.2) is 22.5 Å². The highest BCUT2D eigenvalue weighted by Gasteiger charge is 2.61.